The Balaban J connectivity index is 2.69. The molecule has 0 atom stereocenters. The van der Waals surface area contributed by atoms with Crippen LogP contribution in [0.4, 0.5) is 5.69 Å². The van der Waals surface area contributed by atoms with Crippen molar-refractivity contribution in [1.29, 1.82) is 0 Å². The fourth-order valence-corrected chi connectivity index (χ4v) is 4.76. The zero-order valence-corrected chi connectivity index (χ0v) is 13.5. The Hall–Kier alpha value is -1.90. The summed E-state index contributed by atoms with van der Waals surface area (Å²) in [4.78, 5) is -0.868. The minimum Gasteiger partial charge on any atom is -0.398 e. The third-order valence-electron chi connectivity index (χ3n) is 3.25. The molecule has 118 valence electrons. The van der Waals surface area contributed by atoms with Gasteiger partial charge in [-0.2, -0.15) is 0 Å². The van der Waals surface area contributed by atoms with E-state index in [1.165, 1.54) is 30.3 Å². The molecule has 0 radical (unpaired) electrons. The lowest BCUT2D eigenvalue weighted by Crippen LogP contribution is -2.17. The number of benzene rings is 2. The Labute approximate surface area is 129 Å². The highest BCUT2D eigenvalue weighted by atomic mass is 32.2. The molecule has 2 rings (SSSR count). The van der Waals surface area contributed by atoms with Gasteiger partial charge in [-0.25, -0.2) is 22.0 Å². The molecule has 2 aromatic rings. The lowest BCUT2D eigenvalue weighted by atomic mass is 10.1. The predicted octanol–water partition coefficient (Wildman–Crippen LogP) is 1.31. The van der Waals surface area contributed by atoms with Gasteiger partial charge >= 0.3 is 0 Å². The quantitative estimate of drug-likeness (QED) is 0.813. The van der Waals surface area contributed by atoms with Crippen molar-refractivity contribution >= 4 is 25.5 Å². The SMILES string of the molecule is CCc1ccc(S(=O)(=O)c2ccccc2S(N)(=O)=O)cc1N. The van der Waals surface area contributed by atoms with Crippen LogP contribution in [0.1, 0.15) is 12.5 Å². The fraction of sp³-hybridized carbons (Fsp3) is 0.143. The number of primary sulfonamides is 1. The van der Waals surface area contributed by atoms with E-state index in [0.717, 1.165) is 11.6 Å². The van der Waals surface area contributed by atoms with Crippen molar-refractivity contribution in [2.75, 3.05) is 5.73 Å². The summed E-state index contributed by atoms with van der Waals surface area (Å²) in [6, 6.07) is 9.56. The van der Waals surface area contributed by atoms with Gasteiger partial charge in [0.05, 0.1) is 9.79 Å². The highest BCUT2D eigenvalue weighted by molar-refractivity contribution is 7.93. The molecule has 0 saturated heterocycles. The van der Waals surface area contributed by atoms with E-state index in [1.54, 1.807) is 6.07 Å². The average molecular weight is 340 g/mol. The van der Waals surface area contributed by atoms with Crippen molar-refractivity contribution in [1.82, 2.24) is 0 Å². The van der Waals surface area contributed by atoms with E-state index in [0.29, 0.717) is 12.1 Å². The second kappa shape index (κ2) is 5.71. The van der Waals surface area contributed by atoms with Gasteiger partial charge in [0.1, 0.15) is 4.90 Å². The number of rotatable bonds is 4. The van der Waals surface area contributed by atoms with Crippen LogP contribution >= 0.6 is 0 Å². The van der Waals surface area contributed by atoms with Crippen LogP contribution in [-0.2, 0) is 26.3 Å². The zero-order chi connectivity index (χ0) is 16.5. The van der Waals surface area contributed by atoms with Crippen molar-refractivity contribution in [3.63, 3.8) is 0 Å². The summed E-state index contributed by atoms with van der Waals surface area (Å²) in [6.07, 6.45) is 0.667. The van der Waals surface area contributed by atoms with Gasteiger partial charge in [-0.3, -0.25) is 0 Å². The highest BCUT2D eigenvalue weighted by Crippen LogP contribution is 2.28. The molecule has 0 heterocycles. The van der Waals surface area contributed by atoms with Gasteiger partial charge in [0.25, 0.3) is 0 Å². The maximum atomic E-state index is 12.7. The summed E-state index contributed by atoms with van der Waals surface area (Å²) in [7, 11) is -8.20. The molecule has 0 spiro atoms. The van der Waals surface area contributed by atoms with Gasteiger partial charge in [0, 0.05) is 5.69 Å². The van der Waals surface area contributed by atoms with Gasteiger partial charge in [-0.1, -0.05) is 25.1 Å². The monoisotopic (exact) mass is 340 g/mol. The molecule has 0 amide bonds. The molecule has 0 aliphatic carbocycles. The molecule has 22 heavy (non-hydrogen) atoms. The molecule has 0 unspecified atom stereocenters. The van der Waals surface area contributed by atoms with Gasteiger partial charge in [0.15, 0.2) is 0 Å². The molecule has 0 bridgehead atoms. The van der Waals surface area contributed by atoms with E-state index in [-0.39, 0.29) is 9.79 Å². The third kappa shape index (κ3) is 2.99. The maximum absolute atomic E-state index is 12.7. The number of nitrogens with two attached hydrogens (primary N) is 2. The third-order valence-corrected chi connectivity index (χ3v) is 6.16. The topological polar surface area (TPSA) is 120 Å². The van der Waals surface area contributed by atoms with Crippen LogP contribution in [0.5, 0.6) is 0 Å². The second-order valence-electron chi connectivity index (χ2n) is 4.71. The van der Waals surface area contributed by atoms with E-state index in [1.807, 2.05) is 6.92 Å². The summed E-state index contributed by atoms with van der Waals surface area (Å²) in [5, 5.41) is 5.09. The Morgan fingerprint density at radius 1 is 0.955 bits per heavy atom. The molecule has 0 aliphatic heterocycles. The van der Waals surface area contributed by atoms with Crippen molar-refractivity contribution in [2.45, 2.75) is 28.0 Å². The molecule has 8 heteroatoms. The molecule has 0 aliphatic rings. The first-order chi connectivity index (χ1) is 10.2. The standard InChI is InChI=1S/C14H16N2O4S2/c1-2-10-7-8-11(9-12(10)15)21(17,18)13-5-3-4-6-14(13)22(16,19)20/h3-9H,2,15H2,1H3,(H2,16,19,20). The second-order valence-corrected chi connectivity index (χ2v) is 8.16. The Kier molecular flexibility index (Phi) is 4.28. The van der Waals surface area contributed by atoms with Crippen molar-refractivity contribution < 1.29 is 16.8 Å². The predicted molar refractivity (Wildman–Crippen MR) is 83.5 cm³/mol. The van der Waals surface area contributed by atoms with E-state index < -0.39 is 24.8 Å². The highest BCUT2D eigenvalue weighted by Gasteiger charge is 2.26. The number of sulfonamides is 1. The smallest absolute Gasteiger partial charge is 0.239 e. The molecular weight excluding hydrogens is 324 g/mol. The van der Waals surface area contributed by atoms with E-state index >= 15 is 0 Å². The first-order valence-corrected chi connectivity index (χ1v) is 9.46. The summed E-state index contributed by atoms with van der Waals surface area (Å²) in [6.45, 7) is 1.90. The van der Waals surface area contributed by atoms with Crippen molar-refractivity contribution in [3.8, 4) is 0 Å². The molecular formula is C14H16N2O4S2. The van der Waals surface area contributed by atoms with Crippen LogP contribution in [0.25, 0.3) is 0 Å². The minimum atomic E-state index is -4.16. The average Bonchev–Trinajstić information content (AvgIpc) is 2.46. The van der Waals surface area contributed by atoms with Crippen LogP contribution < -0.4 is 10.9 Å². The Morgan fingerprint density at radius 2 is 1.55 bits per heavy atom. The van der Waals surface area contributed by atoms with Gasteiger partial charge in [-0.05, 0) is 36.2 Å². The summed E-state index contributed by atoms with van der Waals surface area (Å²) in [5.41, 5.74) is 6.99. The summed E-state index contributed by atoms with van der Waals surface area (Å²) in [5.74, 6) is 0. The van der Waals surface area contributed by atoms with Crippen LogP contribution in [0, 0.1) is 0 Å². The lowest BCUT2D eigenvalue weighted by Gasteiger charge is -2.11. The summed E-state index contributed by atoms with van der Waals surface area (Å²) >= 11 is 0. The normalized spacial score (nSPS) is 12.3. The Morgan fingerprint density at radius 3 is 2.05 bits per heavy atom. The maximum Gasteiger partial charge on any atom is 0.239 e. The number of hydrogen-bond acceptors (Lipinski definition) is 5. The number of nitrogen functional groups attached to an aromatic ring is 1. The zero-order valence-electron chi connectivity index (χ0n) is 11.9. The number of sulfone groups is 1. The first-order valence-electron chi connectivity index (χ1n) is 6.43. The van der Waals surface area contributed by atoms with Gasteiger partial charge in [0.2, 0.25) is 19.9 Å². The van der Waals surface area contributed by atoms with Crippen LogP contribution in [-0.4, -0.2) is 16.8 Å². The minimum absolute atomic E-state index is 0.0710. The first kappa shape index (κ1) is 16.5. The molecule has 2 aromatic carbocycles. The molecule has 6 nitrogen and oxygen atoms in total. The molecule has 0 saturated carbocycles. The van der Waals surface area contributed by atoms with Crippen LogP contribution in [0.15, 0.2) is 57.2 Å². The van der Waals surface area contributed by atoms with E-state index in [2.05, 4.69) is 0 Å². The fourth-order valence-electron chi connectivity index (χ4n) is 2.10. The molecule has 4 N–H and O–H groups in total. The number of aryl methyl sites for hydroxylation is 1. The van der Waals surface area contributed by atoms with Gasteiger partial charge in [-0.15, -0.1) is 0 Å². The van der Waals surface area contributed by atoms with Crippen LogP contribution in [0.3, 0.4) is 0 Å². The van der Waals surface area contributed by atoms with Crippen LogP contribution in [0.2, 0.25) is 0 Å². The van der Waals surface area contributed by atoms with E-state index in [9.17, 15) is 16.8 Å². The largest absolute Gasteiger partial charge is 0.398 e. The Bertz CT molecular complexity index is 920. The van der Waals surface area contributed by atoms with E-state index in [4.69, 9.17) is 10.9 Å². The summed E-state index contributed by atoms with van der Waals surface area (Å²) < 4.78 is 48.5. The number of anilines is 1. The molecule has 0 fully saturated rings. The van der Waals surface area contributed by atoms with Crippen molar-refractivity contribution in [2.24, 2.45) is 5.14 Å². The molecule has 0 aromatic heterocycles. The van der Waals surface area contributed by atoms with Crippen molar-refractivity contribution in [3.05, 3.63) is 48.0 Å². The van der Waals surface area contributed by atoms with Gasteiger partial charge < -0.3 is 5.73 Å². The number of hydrogen-bond donors (Lipinski definition) is 2. The lowest BCUT2D eigenvalue weighted by molar-refractivity contribution is 0.583.